The SMILES string of the molecule is COC(=O)Cc1csc(NC(=O)c2ccc(-c3ccco3)[nH]c2=O)n1. The van der Waals surface area contributed by atoms with Crippen molar-refractivity contribution in [2.24, 2.45) is 0 Å². The second-order valence-electron chi connectivity index (χ2n) is 4.94. The molecule has 0 atom stereocenters. The minimum atomic E-state index is -0.591. The van der Waals surface area contributed by atoms with Crippen LogP contribution in [0.2, 0.25) is 0 Å². The van der Waals surface area contributed by atoms with Gasteiger partial charge in [0.15, 0.2) is 5.13 Å². The number of aromatic amines is 1. The second kappa shape index (κ2) is 7.14. The van der Waals surface area contributed by atoms with E-state index in [0.717, 1.165) is 11.3 Å². The van der Waals surface area contributed by atoms with E-state index in [9.17, 15) is 14.4 Å². The number of hydrogen-bond donors (Lipinski definition) is 2. The summed E-state index contributed by atoms with van der Waals surface area (Å²) in [6.07, 6.45) is 1.50. The first-order chi connectivity index (χ1) is 12.1. The lowest BCUT2D eigenvalue weighted by atomic mass is 10.2. The Hall–Kier alpha value is -3.20. The molecule has 3 heterocycles. The lowest BCUT2D eigenvalue weighted by Crippen LogP contribution is -2.23. The summed E-state index contributed by atoms with van der Waals surface area (Å²) >= 11 is 1.15. The Bertz CT molecular complexity index is 958. The highest BCUT2D eigenvalue weighted by Crippen LogP contribution is 2.18. The van der Waals surface area contributed by atoms with Gasteiger partial charge in [0.25, 0.3) is 11.5 Å². The molecule has 0 saturated heterocycles. The van der Waals surface area contributed by atoms with Crippen LogP contribution >= 0.6 is 11.3 Å². The Kier molecular flexibility index (Phi) is 4.75. The van der Waals surface area contributed by atoms with Gasteiger partial charge in [0.2, 0.25) is 0 Å². The van der Waals surface area contributed by atoms with Gasteiger partial charge in [-0.15, -0.1) is 11.3 Å². The molecule has 2 N–H and O–H groups in total. The van der Waals surface area contributed by atoms with Gasteiger partial charge in [0.1, 0.15) is 11.3 Å². The first-order valence-electron chi connectivity index (χ1n) is 7.16. The summed E-state index contributed by atoms with van der Waals surface area (Å²) in [5, 5.41) is 4.46. The zero-order valence-corrected chi connectivity index (χ0v) is 13.9. The van der Waals surface area contributed by atoms with Gasteiger partial charge < -0.3 is 14.1 Å². The third-order valence-electron chi connectivity index (χ3n) is 3.27. The van der Waals surface area contributed by atoms with Crippen molar-refractivity contribution in [2.45, 2.75) is 6.42 Å². The number of amides is 1. The van der Waals surface area contributed by atoms with Gasteiger partial charge in [-0.1, -0.05) is 0 Å². The minimum absolute atomic E-state index is 0.0152. The van der Waals surface area contributed by atoms with E-state index in [1.165, 1.54) is 19.4 Å². The number of H-pyrrole nitrogens is 1. The number of rotatable bonds is 5. The molecule has 3 aromatic rings. The number of esters is 1. The molecule has 8 nitrogen and oxygen atoms in total. The van der Waals surface area contributed by atoms with Crippen LogP contribution in [0.4, 0.5) is 5.13 Å². The van der Waals surface area contributed by atoms with Gasteiger partial charge in [0, 0.05) is 5.38 Å². The highest BCUT2D eigenvalue weighted by Gasteiger charge is 2.15. The van der Waals surface area contributed by atoms with Crippen LogP contribution in [0.3, 0.4) is 0 Å². The first kappa shape index (κ1) is 16.7. The molecule has 0 aliphatic carbocycles. The highest BCUT2D eigenvalue weighted by molar-refractivity contribution is 7.14. The Morgan fingerprint density at radius 1 is 1.36 bits per heavy atom. The number of carbonyl (C=O) groups excluding carboxylic acids is 2. The smallest absolute Gasteiger partial charge is 0.311 e. The zero-order chi connectivity index (χ0) is 17.8. The molecule has 0 bridgehead atoms. The molecule has 25 heavy (non-hydrogen) atoms. The summed E-state index contributed by atoms with van der Waals surface area (Å²) in [5.41, 5.74) is 0.355. The molecule has 128 valence electrons. The summed E-state index contributed by atoms with van der Waals surface area (Å²) < 4.78 is 9.75. The number of nitrogens with zero attached hydrogens (tertiary/aromatic N) is 1. The highest BCUT2D eigenvalue weighted by atomic mass is 32.1. The number of thiazole rings is 1. The van der Waals surface area contributed by atoms with E-state index >= 15 is 0 Å². The number of nitrogens with one attached hydrogen (secondary N) is 2. The van der Waals surface area contributed by atoms with Crippen LogP contribution in [0.1, 0.15) is 16.1 Å². The fourth-order valence-electron chi connectivity index (χ4n) is 2.06. The molecule has 0 unspecified atom stereocenters. The van der Waals surface area contributed by atoms with E-state index in [1.807, 2.05) is 0 Å². The molecule has 0 spiro atoms. The maximum absolute atomic E-state index is 12.2. The van der Waals surface area contributed by atoms with Crippen molar-refractivity contribution in [1.29, 1.82) is 0 Å². The largest absolute Gasteiger partial charge is 0.469 e. The van der Waals surface area contributed by atoms with Crippen molar-refractivity contribution in [3.63, 3.8) is 0 Å². The number of furan rings is 1. The van der Waals surface area contributed by atoms with Gasteiger partial charge >= 0.3 is 5.97 Å². The van der Waals surface area contributed by atoms with Crippen LogP contribution in [-0.2, 0) is 16.0 Å². The molecule has 0 fully saturated rings. The molecule has 0 aliphatic heterocycles. The van der Waals surface area contributed by atoms with Crippen molar-refractivity contribution in [2.75, 3.05) is 12.4 Å². The van der Waals surface area contributed by atoms with Crippen LogP contribution in [-0.4, -0.2) is 29.0 Å². The number of pyridine rings is 1. The Morgan fingerprint density at radius 2 is 2.20 bits per heavy atom. The molecule has 0 radical (unpaired) electrons. The molecule has 9 heteroatoms. The van der Waals surface area contributed by atoms with Gasteiger partial charge in [-0.25, -0.2) is 4.98 Å². The molecular formula is C16H13N3O5S. The Labute approximate surface area is 145 Å². The summed E-state index contributed by atoms with van der Waals surface area (Å²) in [5.74, 6) is -0.518. The van der Waals surface area contributed by atoms with Gasteiger partial charge in [-0.3, -0.25) is 19.7 Å². The normalized spacial score (nSPS) is 10.4. The number of aromatic nitrogens is 2. The topological polar surface area (TPSA) is 114 Å². The Morgan fingerprint density at radius 3 is 2.88 bits per heavy atom. The van der Waals surface area contributed by atoms with E-state index in [2.05, 4.69) is 20.0 Å². The maximum atomic E-state index is 12.2. The van der Waals surface area contributed by atoms with E-state index in [1.54, 1.807) is 23.6 Å². The van der Waals surface area contributed by atoms with Crippen LogP contribution in [0.15, 0.2) is 45.1 Å². The average molecular weight is 359 g/mol. The lowest BCUT2D eigenvalue weighted by molar-refractivity contribution is -0.139. The third-order valence-corrected chi connectivity index (χ3v) is 4.07. The van der Waals surface area contributed by atoms with Gasteiger partial charge in [-0.2, -0.15) is 0 Å². The van der Waals surface area contributed by atoms with Gasteiger partial charge in [-0.05, 0) is 24.3 Å². The van der Waals surface area contributed by atoms with E-state index in [0.29, 0.717) is 22.3 Å². The quantitative estimate of drug-likeness (QED) is 0.674. The van der Waals surface area contributed by atoms with Crippen LogP contribution < -0.4 is 10.9 Å². The average Bonchev–Trinajstić information content (AvgIpc) is 3.26. The predicted octanol–water partition coefficient (Wildman–Crippen LogP) is 2.06. The van der Waals surface area contributed by atoms with Crippen LogP contribution in [0.25, 0.3) is 11.5 Å². The summed E-state index contributed by atoms with van der Waals surface area (Å²) in [7, 11) is 1.29. The predicted molar refractivity (Wildman–Crippen MR) is 90.6 cm³/mol. The number of anilines is 1. The molecule has 0 aromatic carbocycles. The summed E-state index contributed by atoms with van der Waals surface area (Å²) in [6.45, 7) is 0. The van der Waals surface area contributed by atoms with E-state index < -0.39 is 17.4 Å². The van der Waals surface area contributed by atoms with Crippen molar-refractivity contribution in [3.8, 4) is 11.5 Å². The van der Waals surface area contributed by atoms with Crippen molar-refractivity contribution >= 4 is 28.3 Å². The molecule has 3 rings (SSSR count). The molecular weight excluding hydrogens is 346 g/mol. The number of ether oxygens (including phenoxy) is 1. The number of methoxy groups -OCH3 is 1. The maximum Gasteiger partial charge on any atom is 0.311 e. The summed E-state index contributed by atoms with van der Waals surface area (Å²) in [6, 6.07) is 6.39. The first-order valence-corrected chi connectivity index (χ1v) is 8.04. The van der Waals surface area contributed by atoms with Crippen LogP contribution in [0, 0.1) is 0 Å². The third kappa shape index (κ3) is 3.83. The second-order valence-corrected chi connectivity index (χ2v) is 5.80. The monoisotopic (exact) mass is 359 g/mol. The molecule has 0 aliphatic rings. The minimum Gasteiger partial charge on any atom is -0.469 e. The van der Waals surface area contributed by atoms with E-state index in [4.69, 9.17) is 4.42 Å². The van der Waals surface area contributed by atoms with Crippen molar-refractivity contribution in [3.05, 3.63) is 57.5 Å². The van der Waals surface area contributed by atoms with Crippen molar-refractivity contribution in [1.82, 2.24) is 9.97 Å². The van der Waals surface area contributed by atoms with Crippen molar-refractivity contribution < 1.29 is 18.7 Å². The van der Waals surface area contributed by atoms with E-state index in [-0.39, 0.29) is 12.0 Å². The lowest BCUT2D eigenvalue weighted by Gasteiger charge is -2.02. The standard InChI is InChI=1S/C16H13N3O5S/c1-23-13(20)7-9-8-25-16(17-9)19-15(22)10-4-5-11(18-14(10)21)12-3-2-6-24-12/h2-6,8H,7H2,1H3,(H,18,21)(H,17,19,22). The number of carbonyl (C=O) groups is 2. The number of hydrogen-bond acceptors (Lipinski definition) is 7. The van der Waals surface area contributed by atoms with Crippen LogP contribution in [0.5, 0.6) is 0 Å². The molecule has 0 saturated carbocycles. The fraction of sp³-hybridized carbons (Fsp3) is 0.125. The van der Waals surface area contributed by atoms with Gasteiger partial charge in [0.05, 0.1) is 31.2 Å². The fourth-order valence-corrected chi connectivity index (χ4v) is 2.76. The zero-order valence-electron chi connectivity index (χ0n) is 13.1. The molecule has 3 aromatic heterocycles. The summed E-state index contributed by atoms with van der Waals surface area (Å²) in [4.78, 5) is 42.3. The molecule has 1 amide bonds. The Balaban J connectivity index is 1.73.